The molecule has 4 aromatic rings. The quantitative estimate of drug-likeness (QED) is 0.532. The number of thiophene rings is 1. The maximum Gasteiger partial charge on any atom is 0.251 e. The molecule has 3 aromatic heterocycles. The van der Waals surface area contributed by atoms with Crippen LogP contribution in [0.2, 0.25) is 0 Å². The van der Waals surface area contributed by atoms with Gasteiger partial charge < -0.3 is 10.6 Å². The van der Waals surface area contributed by atoms with Gasteiger partial charge in [0.05, 0.1) is 5.39 Å². The second kappa shape index (κ2) is 7.25. The highest BCUT2D eigenvalue weighted by molar-refractivity contribution is 7.19. The first kappa shape index (κ1) is 17.8. The van der Waals surface area contributed by atoms with E-state index in [-0.39, 0.29) is 5.91 Å². The summed E-state index contributed by atoms with van der Waals surface area (Å²) in [6, 6.07) is 11.3. The summed E-state index contributed by atoms with van der Waals surface area (Å²) < 4.78 is 0. The Bertz CT molecular complexity index is 1200. The number of carbonyl (C=O) groups is 1. The monoisotopic (exact) mass is 401 g/mol. The number of nitrogens with zero attached hydrogens (tertiary/aromatic N) is 3. The van der Waals surface area contributed by atoms with E-state index < -0.39 is 0 Å². The lowest BCUT2D eigenvalue weighted by Gasteiger charge is -2.11. The summed E-state index contributed by atoms with van der Waals surface area (Å²) in [6.07, 6.45) is 6.88. The van der Waals surface area contributed by atoms with Gasteiger partial charge in [0.25, 0.3) is 5.91 Å². The number of amides is 1. The number of hydrogen-bond acceptors (Lipinski definition) is 6. The van der Waals surface area contributed by atoms with E-state index >= 15 is 0 Å². The van der Waals surface area contributed by atoms with Gasteiger partial charge >= 0.3 is 0 Å². The molecule has 0 aliphatic heterocycles. The predicted molar refractivity (Wildman–Crippen MR) is 116 cm³/mol. The SMILES string of the molecule is CNC(=O)c1ccc(Nc2nc(-c3cccnc3)nc3sc4c(c23)CCC4)cc1. The number of carbonyl (C=O) groups excluding carboxylic acids is 1. The van der Waals surface area contributed by atoms with Gasteiger partial charge in [0.2, 0.25) is 0 Å². The molecule has 1 amide bonds. The molecule has 0 fully saturated rings. The third-order valence-corrected chi connectivity index (χ3v) is 6.31. The van der Waals surface area contributed by atoms with Crippen LogP contribution in [-0.2, 0) is 12.8 Å². The molecule has 6 nitrogen and oxygen atoms in total. The fraction of sp³-hybridized carbons (Fsp3) is 0.182. The smallest absolute Gasteiger partial charge is 0.251 e. The lowest BCUT2D eigenvalue weighted by Crippen LogP contribution is -2.17. The van der Waals surface area contributed by atoms with Crippen LogP contribution in [0.15, 0.2) is 48.8 Å². The number of aromatic nitrogens is 3. The molecule has 1 aliphatic rings. The van der Waals surface area contributed by atoms with Crippen LogP contribution in [0.5, 0.6) is 0 Å². The van der Waals surface area contributed by atoms with E-state index in [1.54, 1.807) is 42.9 Å². The summed E-state index contributed by atoms with van der Waals surface area (Å²) in [7, 11) is 1.63. The van der Waals surface area contributed by atoms with Crippen molar-refractivity contribution in [2.75, 3.05) is 12.4 Å². The van der Waals surface area contributed by atoms with Crippen molar-refractivity contribution in [2.24, 2.45) is 0 Å². The highest BCUT2D eigenvalue weighted by Gasteiger charge is 2.23. The summed E-state index contributed by atoms with van der Waals surface area (Å²) >= 11 is 1.76. The number of anilines is 2. The maximum absolute atomic E-state index is 11.8. The molecule has 0 radical (unpaired) electrons. The second-order valence-corrected chi connectivity index (χ2v) is 8.04. The third-order valence-electron chi connectivity index (χ3n) is 5.12. The summed E-state index contributed by atoms with van der Waals surface area (Å²) in [5, 5.41) is 7.22. The molecule has 29 heavy (non-hydrogen) atoms. The van der Waals surface area contributed by atoms with Gasteiger partial charge in [-0.05, 0) is 61.2 Å². The number of pyridine rings is 1. The Balaban J connectivity index is 1.60. The van der Waals surface area contributed by atoms with E-state index in [9.17, 15) is 4.79 Å². The minimum atomic E-state index is -0.101. The Morgan fingerprint density at radius 1 is 1.10 bits per heavy atom. The lowest BCUT2D eigenvalue weighted by molar-refractivity contribution is 0.0963. The molecular weight excluding hydrogens is 382 g/mol. The zero-order chi connectivity index (χ0) is 19.8. The maximum atomic E-state index is 11.8. The van der Waals surface area contributed by atoms with Gasteiger partial charge in [-0.2, -0.15) is 0 Å². The molecule has 0 saturated carbocycles. The Labute approximate surface area is 172 Å². The standard InChI is InChI=1S/C22H19N5OS/c1-23-21(28)13-7-9-15(10-8-13)25-20-18-16-5-2-6-17(16)29-22(18)27-19(26-20)14-4-3-11-24-12-14/h3-4,7-12H,2,5-6H2,1H3,(H,23,28)(H,25,26,27). The van der Waals surface area contributed by atoms with Crippen molar-refractivity contribution in [3.05, 3.63) is 64.8 Å². The minimum absolute atomic E-state index is 0.101. The van der Waals surface area contributed by atoms with Gasteiger partial charge in [-0.1, -0.05) is 0 Å². The van der Waals surface area contributed by atoms with Gasteiger partial charge in [-0.25, -0.2) is 9.97 Å². The Kier molecular flexibility index (Phi) is 4.44. The van der Waals surface area contributed by atoms with Crippen LogP contribution in [0.1, 0.15) is 27.2 Å². The van der Waals surface area contributed by atoms with Crippen molar-refractivity contribution in [1.29, 1.82) is 0 Å². The van der Waals surface area contributed by atoms with Crippen LogP contribution in [0, 0.1) is 0 Å². The van der Waals surface area contributed by atoms with E-state index in [0.717, 1.165) is 40.1 Å². The molecule has 0 bridgehead atoms. The van der Waals surface area contributed by atoms with Crippen LogP contribution < -0.4 is 10.6 Å². The highest BCUT2D eigenvalue weighted by Crippen LogP contribution is 2.41. The molecule has 0 saturated heterocycles. The minimum Gasteiger partial charge on any atom is -0.355 e. The highest BCUT2D eigenvalue weighted by atomic mass is 32.1. The average Bonchev–Trinajstić information content (AvgIpc) is 3.35. The number of aryl methyl sites for hydroxylation is 2. The molecule has 0 atom stereocenters. The first-order valence-corrected chi connectivity index (χ1v) is 10.4. The van der Waals surface area contributed by atoms with E-state index in [1.165, 1.54) is 16.9 Å². The Morgan fingerprint density at radius 3 is 2.72 bits per heavy atom. The van der Waals surface area contributed by atoms with Gasteiger partial charge in [-0.15, -0.1) is 11.3 Å². The number of nitrogens with one attached hydrogen (secondary N) is 2. The van der Waals surface area contributed by atoms with E-state index in [4.69, 9.17) is 9.97 Å². The van der Waals surface area contributed by atoms with Crippen LogP contribution in [0.3, 0.4) is 0 Å². The molecule has 5 rings (SSSR count). The number of hydrogen-bond donors (Lipinski definition) is 2. The molecule has 7 heteroatoms. The second-order valence-electron chi connectivity index (χ2n) is 6.96. The fourth-order valence-corrected chi connectivity index (χ4v) is 4.96. The van der Waals surface area contributed by atoms with Crippen molar-refractivity contribution in [3.8, 4) is 11.4 Å². The van der Waals surface area contributed by atoms with Crippen molar-refractivity contribution < 1.29 is 4.79 Å². The molecule has 1 aliphatic carbocycles. The van der Waals surface area contributed by atoms with Crippen LogP contribution in [0.4, 0.5) is 11.5 Å². The third kappa shape index (κ3) is 3.23. The van der Waals surface area contributed by atoms with E-state index in [0.29, 0.717) is 11.4 Å². The van der Waals surface area contributed by atoms with Gasteiger partial charge in [0.15, 0.2) is 5.82 Å². The normalized spacial score (nSPS) is 12.7. The molecule has 0 unspecified atom stereocenters. The van der Waals surface area contributed by atoms with Crippen molar-refractivity contribution in [1.82, 2.24) is 20.3 Å². The molecule has 144 valence electrons. The first-order valence-electron chi connectivity index (χ1n) is 9.55. The molecule has 1 aromatic carbocycles. The average molecular weight is 401 g/mol. The van der Waals surface area contributed by atoms with E-state index in [1.807, 2.05) is 24.3 Å². The number of fused-ring (bicyclic) bond motifs is 3. The number of benzene rings is 1. The molecule has 0 spiro atoms. The van der Waals surface area contributed by atoms with Crippen LogP contribution >= 0.6 is 11.3 Å². The summed E-state index contributed by atoms with van der Waals surface area (Å²) in [6.45, 7) is 0. The van der Waals surface area contributed by atoms with Crippen LogP contribution in [0.25, 0.3) is 21.6 Å². The molecule has 2 N–H and O–H groups in total. The van der Waals surface area contributed by atoms with E-state index in [2.05, 4.69) is 15.6 Å². The summed E-state index contributed by atoms with van der Waals surface area (Å²) in [5.74, 6) is 1.37. The van der Waals surface area contributed by atoms with Crippen molar-refractivity contribution >= 4 is 39.0 Å². The van der Waals surface area contributed by atoms with Crippen molar-refractivity contribution in [3.63, 3.8) is 0 Å². The first-order chi connectivity index (χ1) is 14.2. The van der Waals surface area contributed by atoms with Crippen molar-refractivity contribution in [2.45, 2.75) is 19.3 Å². The number of rotatable bonds is 4. The molecular formula is C22H19N5OS. The van der Waals surface area contributed by atoms with Crippen LogP contribution in [-0.4, -0.2) is 27.9 Å². The van der Waals surface area contributed by atoms with Gasteiger partial charge in [-0.3, -0.25) is 9.78 Å². The summed E-state index contributed by atoms with van der Waals surface area (Å²) in [5.41, 5.74) is 3.76. The zero-order valence-electron chi connectivity index (χ0n) is 15.9. The predicted octanol–water partition coefficient (Wildman–Crippen LogP) is 4.35. The summed E-state index contributed by atoms with van der Waals surface area (Å²) in [4.78, 5) is 28.1. The van der Waals surface area contributed by atoms with Gasteiger partial charge in [0.1, 0.15) is 10.6 Å². The zero-order valence-corrected chi connectivity index (χ0v) is 16.7. The topological polar surface area (TPSA) is 79.8 Å². The fourth-order valence-electron chi connectivity index (χ4n) is 3.70. The Hall–Kier alpha value is -3.32. The Morgan fingerprint density at radius 2 is 1.97 bits per heavy atom. The largest absolute Gasteiger partial charge is 0.355 e. The lowest BCUT2D eigenvalue weighted by atomic mass is 10.1. The van der Waals surface area contributed by atoms with Gasteiger partial charge in [0, 0.05) is 41.1 Å². The molecule has 3 heterocycles.